The van der Waals surface area contributed by atoms with Crippen molar-refractivity contribution in [1.29, 1.82) is 0 Å². The molecule has 0 saturated heterocycles. The molecule has 5 atom stereocenters. The van der Waals surface area contributed by atoms with Crippen LogP contribution in [-0.4, -0.2) is 34.5 Å². The summed E-state index contributed by atoms with van der Waals surface area (Å²) in [6, 6.07) is 0. The van der Waals surface area contributed by atoms with Crippen LogP contribution in [0.5, 0.6) is 0 Å². The number of carboxylic acid groups (broad SMARTS) is 1. The van der Waals surface area contributed by atoms with Gasteiger partial charge in [-0.05, 0) is 96.5 Å². The molecule has 1 aliphatic carbocycles. The van der Waals surface area contributed by atoms with Crippen molar-refractivity contribution in [3.05, 3.63) is 34.9 Å². The molecule has 0 heterocycles. The minimum Gasteiger partial charge on any atom is -0.481 e. The largest absolute Gasteiger partial charge is 0.481 e. The Kier molecular flexibility index (Phi) is 17.2. The van der Waals surface area contributed by atoms with E-state index in [0.29, 0.717) is 24.7 Å². The van der Waals surface area contributed by atoms with Crippen LogP contribution in [0.25, 0.3) is 0 Å². The molecule has 0 spiro atoms. The second kappa shape index (κ2) is 18.8. The molecule has 0 saturated carbocycles. The topological polar surface area (TPSA) is 66.8 Å². The fourth-order valence-electron chi connectivity index (χ4n) is 5.32. The van der Waals surface area contributed by atoms with Crippen molar-refractivity contribution in [2.75, 3.05) is 6.61 Å². The van der Waals surface area contributed by atoms with Gasteiger partial charge in [0.15, 0.2) is 0 Å². The van der Waals surface area contributed by atoms with E-state index in [1.54, 1.807) is 6.92 Å². The molecule has 4 nitrogen and oxygen atoms in total. The molecule has 2 N–H and O–H groups in total. The Balaban J connectivity index is 2.34. The lowest BCUT2D eigenvalue weighted by Crippen LogP contribution is -2.28. The first kappa shape index (κ1) is 34.6. The van der Waals surface area contributed by atoms with Crippen molar-refractivity contribution in [1.82, 2.24) is 0 Å². The summed E-state index contributed by atoms with van der Waals surface area (Å²) in [5.41, 5.74) is 3.59. The van der Waals surface area contributed by atoms with Crippen molar-refractivity contribution >= 4 is 5.97 Å². The monoisotopic (exact) mass is 532 g/mol. The molecular formula is C34H60O4. The zero-order valence-electron chi connectivity index (χ0n) is 25.9. The number of allylic oxidation sites excluding steroid dienone is 4. The van der Waals surface area contributed by atoms with Crippen LogP contribution in [0.4, 0.5) is 0 Å². The zero-order valence-corrected chi connectivity index (χ0v) is 25.9. The number of aliphatic carboxylic acids is 1. The maximum absolute atomic E-state index is 11.0. The quantitative estimate of drug-likeness (QED) is 0.114. The smallest absolute Gasteiger partial charge is 0.306 e. The number of unbranched alkanes of at least 4 members (excludes halogenated alkanes) is 3. The van der Waals surface area contributed by atoms with E-state index in [1.165, 1.54) is 61.7 Å². The van der Waals surface area contributed by atoms with E-state index >= 15 is 0 Å². The number of ether oxygens (including phenoxy) is 1. The number of carboxylic acids is 1. The fraction of sp³-hybridized carbons (Fsp3) is 0.794. The van der Waals surface area contributed by atoms with Gasteiger partial charge >= 0.3 is 5.97 Å². The highest BCUT2D eigenvalue weighted by atomic mass is 16.5. The zero-order chi connectivity index (χ0) is 28.6. The predicted molar refractivity (Wildman–Crippen MR) is 161 cm³/mol. The van der Waals surface area contributed by atoms with Gasteiger partial charge < -0.3 is 14.9 Å². The SMILES string of the molecule is CCCCCCOC1C(CCC(C)CCCC(C)=CCCC(C)(O)CCCC(C)C(=O)O)=CC=C(C)C1C. The van der Waals surface area contributed by atoms with Gasteiger partial charge in [0.25, 0.3) is 0 Å². The molecule has 0 fully saturated rings. The van der Waals surface area contributed by atoms with Crippen LogP contribution in [0.15, 0.2) is 34.9 Å². The molecule has 0 aromatic rings. The molecule has 1 aliphatic rings. The standard InChI is InChI=1S/C34H60O4/c1-8-9-10-11-25-38-32-30(6)28(4)20-22-31(32)21-19-27(3)16-12-15-26(2)17-13-23-34(7,37)24-14-18-29(5)33(35)36/h17,20,22,27,29-30,32,37H,8-16,18-19,21,23-25H2,1-7H3,(H,35,36). The highest BCUT2D eigenvalue weighted by Crippen LogP contribution is 2.32. The van der Waals surface area contributed by atoms with Gasteiger partial charge in [0.1, 0.15) is 0 Å². The number of rotatable bonds is 21. The predicted octanol–water partition coefficient (Wildman–Crippen LogP) is 9.43. The van der Waals surface area contributed by atoms with Crippen LogP contribution in [0, 0.1) is 17.8 Å². The summed E-state index contributed by atoms with van der Waals surface area (Å²) in [5, 5.41) is 19.6. The minimum absolute atomic E-state index is 0.247. The van der Waals surface area contributed by atoms with Crippen molar-refractivity contribution in [2.24, 2.45) is 17.8 Å². The molecule has 0 aliphatic heterocycles. The molecule has 0 aromatic heterocycles. The van der Waals surface area contributed by atoms with Gasteiger partial charge in [-0.3, -0.25) is 4.79 Å². The van der Waals surface area contributed by atoms with E-state index < -0.39 is 11.6 Å². The lowest BCUT2D eigenvalue weighted by Gasteiger charge is -2.31. The summed E-state index contributed by atoms with van der Waals surface area (Å²) in [6.07, 6.45) is 21.7. The molecule has 1 rings (SSSR count). The first-order valence-electron chi connectivity index (χ1n) is 15.6. The summed E-state index contributed by atoms with van der Waals surface area (Å²) in [4.78, 5) is 11.0. The van der Waals surface area contributed by atoms with Crippen LogP contribution in [0.3, 0.4) is 0 Å². The van der Waals surface area contributed by atoms with E-state index in [0.717, 1.165) is 38.7 Å². The van der Waals surface area contributed by atoms with E-state index in [4.69, 9.17) is 9.84 Å². The van der Waals surface area contributed by atoms with Crippen LogP contribution in [0.2, 0.25) is 0 Å². The third-order valence-electron chi connectivity index (χ3n) is 8.54. The van der Waals surface area contributed by atoms with Crippen LogP contribution >= 0.6 is 0 Å². The highest BCUT2D eigenvalue weighted by molar-refractivity contribution is 5.69. The van der Waals surface area contributed by atoms with E-state index in [9.17, 15) is 9.90 Å². The molecular weight excluding hydrogens is 472 g/mol. The van der Waals surface area contributed by atoms with Gasteiger partial charge in [-0.15, -0.1) is 0 Å². The van der Waals surface area contributed by atoms with Gasteiger partial charge in [0.2, 0.25) is 0 Å². The lowest BCUT2D eigenvalue weighted by molar-refractivity contribution is -0.141. The Labute approximate surface area is 235 Å². The maximum Gasteiger partial charge on any atom is 0.306 e. The first-order chi connectivity index (χ1) is 18.0. The maximum atomic E-state index is 11.0. The second-order valence-electron chi connectivity index (χ2n) is 12.5. The van der Waals surface area contributed by atoms with E-state index in [-0.39, 0.29) is 12.0 Å². The summed E-state index contributed by atoms with van der Waals surface area (Å²) >= 11 is 0. The molecule has 0 aromatic carbocycles. The normalized spacial score (nSPS) is 21.4. The average Bonchev–Trinajstić information content (AvgIpc) is 2.85. The van der Waals surface area contributed by atoms with Gasteiger partial charge in [-0.25, -0.2) is 0 Å². The fourth-order valence-corrected chi connectivity index (χ4v) is 5.32. The van der Waals surface area contributed by atoms with E-state index in [1.807, 2.05) is 6.92 Å². The Morgan fingerprint density at radius 3 is 2.50 bits per heavy atom. The third kappa shape index (κ3) is 14.7. The van der Waals surface area contributed by atoms with Crippen molar-refractivity contribution in [3.63, 3.8) is 0 Å². The van der Waals surface area contributed by atoms with Crippen LogP contribution in [0.1, 0.15) is 138 Å². The van der Waals surface area contributed by atoms with E-state index in [2.05, 4.69) is 52.8 Å². The Morgan fingerprint density at radius 1 is 1.08 bits per heavy atom. The van der Waals surface area contributed by atoms with Gasteiger partial charge in [-0.2, -0.15) is 0 Å². The van der Waals surface area contributed by atoms with Crippen molar-refractivity contribution in [2.45, 2.75) is 150 Å². The number of hydrogen-bond donors (Lipinski definition) is 2. The number of aliphatic hydroxyl groups is 1. The van der Waals surface area contributed by atoms with Crippen LogP contribution in [-0.2, 0) is 9.53 Å². The Morgan fingerprint density at radius 2 is 1.82 bits per heavy atom. The molecule has 0 amide bonds. The summed E-state index contributed by atoms with van der Waals surface area (Å²) < 4.78 is 6.41. The Hall–Kier alpha value is -1.39. The Bertz CT molecular complexity index is 760. The van der Waals surface area contributed by atoms with Gasteiger partial charge in [0, 0.05) is 12.5 Å². The molecule has 4 heteroatoms. The first-order valence-corrected chi connectivity index (χ1v) is 15.6. The summed E-state index contributed by atoms with van der Waals surface area (Å²) in [5.74, 6) is 0.0784. The summed E-state index contributed by atoms with van der Waals surface area (Å²) in [6.45, 7) is 15.9. The lowest BCUT2D eigenvalue weighted by atomic mass is 9.83. The van der Waals surface area contributed by atoms with Crippen molar-refractivity contribution < 1.29 is 19.7 Å². The summed E-state index contributed by atoms with van der Waals surface area (Å²) in [7, 11) is 0. The molecule has 38 heavy (non-hydrogen) atoms. The van der Waals surface area contributed by atoms with Gasteiger partial charge in [-0.1, -0.05) is 82.8 Å². The second-order valence-corrected chi connectivity index (χ2v) is 12.5. The number of hydrogen-bond acceptors (Lipinski definition) is 3. The minimum atomic E-state index is -0.753. The molecule has 5 unspecified atom stereocenters. The van der Waals surface area contributed by atoms with Crippen LogP contribution < -0.4 is 0 Å². The third-order valence-corrected chi connectivity index (χ3v) is 8.54. The van der Waals surface area contributed by atoms with Crippen molar-refractivity contribution in [3.8, 4) is 0 Å². The molecule has 0 bridgehead atoms. The number of carbonyl (C=O) groups is 1. The van der Waals surface area contributed by atoms with Gasteiger partial charge in [0.05, 0.1) is 17.6 Å². The highest BCUT2D eigenvalue weighted by Gasteiger charge is 2.26. The molecule has 220 valence electrons. The molecule has 0 radical (unpaired) electrons. The average molecular weight is 533 g/mol.